The smallest absolute Gasteiger partial charge is 0.111 e. The van der Waals surface area contributed by atoms with Gasteiger partial charge in [-0.05, 0) is 37.1 Å². The summed E-state index contributed by atoms with van der Waals surface area (Å²) in [6.07, 6.45) is 9.58. The van der Waals surface area contributed by atoms with E-state index in [1.54, 1.807) is 24.2 Å². The third-order valence-electron chi connectivity index (χ3n) is 5.87. The van der Waals surface area contributed by atoms with Gasteiger partial charge in [0, 0.05) is 43.7 Å². The number of aryl methyl sites for hydroxylation is 1. The first-order chi connectivity index (χ1) is 14.6. The molecule has 0 N–H and O–H groups in total. The molecule has 4 aromatic rings. The van der Waals surface area contributed by atoms with Gasteiger partial charge in [-0.3, -0.25) is 14.3 Å². The van der Waals surface area contributed by atoms with E-state index in [-0.39, 0.29) is 11.6 Å². The van der Waals surface area contributed by atoms with Gasteiger partial charge < -0.3 is 4.74 Å². The molecule has 1 fully saturated rings. The highest BCUT2D eigenvalue weighted by atomic mass is 16.5. The molecule has 0 radical (unpaired) electrons. The molecule has 0 unspecified atom stereocenters. The van der Waals surface area contributed by atoms with Gasteiger partial charge in [0.05, 0.1) is 41.5 Å². The predicted octanol–water partition coefficient (Wildman–Crippen LogP) is 3.31. The van der Waals surface area contributed by atoms with Crippen LogP contribution in [-0.2, 0) is 17.3 Å². The molecule has 4 heterocycles. The normalized spacial score (nSPS) is 20.8. The van der Waals surface area contributed by atoms with E-state index in [0.29, 0.717) is 6.42 Å². The number of aromatic nitrogens is 6. The van der Waals surface area contributed by atoms with Gasteiger partial charge in [-0.25, -0.2) is 4.98 Å². The monoisotopic (exact) mass is 399 g/mol. The molecule has 0 amide bonds. The summed E-state index contributed by atoms with van der Waals surface area (Å²) in [4.78, 5) is 9.44. The van der Waals surface area contributed by atoms with Crippen molar-refractivity contribution in [2.24, 2.45) is 7.05 Å². The van der Waals surface area contributed by atoms with Crippen molar-refractivity contribution in [3.05, 3.63) is 49.1 Å². The maximum absolute atomic E-state index is 9.36. The fourth-order valence-electron chi connectivity index (χ4n) is 4.20. The molecule has 0 atom stereocenters. The molecule has 1 saturated carbocycles. The molecule has 8 nitrogen and oxygen atoms in total. The summed E-state index contributed by atoms with van der Waals surface area (Å²) >= 11 is 0. The molecule has 150 valence electrons. The van der Waals surface area contributed by atoms with Gasteiger partial charge in [-0.2, -0.15) is 15.5 Å². The molecule has 0 bridgehead atoms. The van der Waals surface area contributed by atoms with E-state index < -0.39 is 0 Å². The highest BCUT2D eigenvalue weighted by Crippen LogP contribution is 2.43. The Morgan fingerprint density at radius 3 is 2.90 bits per heavy atom. The molecule has 0 aliphatic heterocycles. The molecule has 8 heteroatoms. The van der Waals surface area contributed by atoms with Gasteiger partial charge in [-0.1, -0.05) is 0 Å². The molecular weight excluding hydrogens is 378 g/mol. The Bertz CT molecular complexity index is 1260. The summed E-state index contributed by atoms with van der Waals surface area (Å²) < 4.78 is 9.12. The Hall–Kier alpha value is -3.57. The molecule has 4 aromatic heterocycles. The Kier molecular flexibility index (Phi) is 4.33. The van der Waals surface area contributed by atoms with Crippen molar-refractivity contribution in [1.29, 1.82) is 5.26 Å². The fraction of sp³-hybridized carbons (Fsp3) is 0.318. The van der Waals surface area contributed by atoms with E-state index in [1.807, 2.05) is 48.4 Å². The molecule has 1 aliphatic rings. The highest BCUT2D eigenvalue weighted by Gasteiger charge is 2.47. The highest BCUT2D eigenvalue weighted by molar-refractivity contribution is 5.93. The summed E-state index contributed by atoms with van der Waals surface area (Å²) in [5, 5.41) is 19.4. The van der Waals surface area contributed by atoms with Crippen LogP contribution in [0, 0.1) is 11.3 Å². The minimum Gasteiger partial charge on any atom is -0.381 e. The lowest BCUT2D eigenvalue weighted by atomic mass is 9.72. The first kappa shape index (κ1) is 18.5. The van der Waals surface area contributed by atoms with Crippen molar-refractivity contribution in [2.45, 2.75) is 30.9 Å². The van der Waals surface area contributed by atoms with E-state index in [2.05, 4.69) is 16.2 Å². The second-order valence-electron chi connectivity index (χ2n) is 7.80. The zero-order chi connectivity index (χ0) is 20.7. The Morgan fingerprint density at radius 2 is 2.17 bits per heavy atom. The average Bonchev–Trinajstić information content (AvgIpc) is 3.39. The second-order valence-corrected chi connectivity index (χ2v) is 7.80. The maximum atomic E-state index is 9.36. The SMILES string of the molecule is COC1CC(CC#N)(n2ccc(-c3nc(-c4cnn(C)c4)cc4ncccc34)n2)C1. The molecular formula is C22H21N7O. The largest absolute Gasteiger partial charge is 0.381 e. The number of ether oxygens (including phenoxy) is 1. The number of fused-ring (bicyclic) bond motifs is 1. The van der Waals surface area contributed by atoms with Crippen molar-refractivity contribution < 1.29 is 4.74 Å². The van der Waals surface area contributed by atoms with Crippen LogP contribution in [0.3, 0.4) is 0 Å². The number of methoxy groups -OCH3 is 1. The number of hydrogen-bond donors (Lipinski definition) is 0. The molecule has 5 rings (SSSR count). The van der Waals surface area contributed by atoms with Crippen LogP contribution in [0.2, 0.25) is 0 Å². The third-order valence-corrected chi connectivity index (χ3v) is 5.87. The first-order valence-corrected chi connectivity index (χ1v) is 9.83. The van der Waals surface area contributed by atoms with Gasteiger partial charge in [0.25, 0.3) is 0 Å². The molecule has 0 spiro atoms. The molecule has 30 heavy (non-hydrogen) atoms. The number of pyridine rings is 2. The first-order valence-electron chi connectivity index (χ1n) is 9.83. The summed E-state index contributed by atoms with van der Waals surface area (Å²) in [6.45, 7) is 0. The van der Waals surface area contributed by atoms with Crippen molar-refractivity contribution in [3.63, 3.8) is 0 Å². The van der Waals surface area contributed by atoms with Gasteiger partial charge >= 0.3 is 0 Å². The summed E-state index contributed by atoms with van der Waals surface area (Å²) in [6, 6.07) is 10.2. The van der Waals surface area contributed by atoms with Crippen molar-refractivity contribution in [1.82, 2.24) is 29.5 Å². The van der Waals surface area contributed by atoms with Crippen LogP contribution in [0.15, 0.2) is 49.1 Å². The van der Waals surface area contributed by atoms with Crippen LogP contribution in [0.25, 0.3) is 33.5 Å². The number of nitriles is 1. The fourth-order valence-corrected chi connectivity index (χ4v) is 4.20. The van der Waals surface area contributed by atoms with E-state index >= 15 is 0 Å². The quantitative estimate of drug-likeness (QED) is 0.511. The second kappa shape index (κ2) is 7.04. The minimum atomic E-state index is -0.317. The van der Waals surface area contributed by atoms with Crippen LogP contribution < -0.4 is 0 Å². The molecule has 0 saturated heterocycles. The minimum absolute atomic E-state index is 0.170. The van der Waals surface area contributed by atoms with Crippen LogP contribution >= 0.6 is 0 Å². The number of rotatable bonds is 5. The van der Waals surface area contributed by atoms with E-state index in [0.717, 1.165) is 46.4 Å². The van der Waals surface area contributed by atoms with Crippen LogP contribution in [-0.4, -0.2) is 42.7 Å². The van der Waals surface area contributed by atoms with Crippen molar-refractivity contribution in [2.75, 3.05) is 7.11 Å². The standard InChI is InChI=1S/C22H21N7O/c1-28-14-15(13-25-28)19-10-20-17(4-3-8-24-20)21(26-19)18-5-9-29(27-18)22(6-7-23)11-16(12-22)30-2/h3-5,8-10,13-14,16H,6,11-12H2,1-2H3. The summed E-state index contributed by atoms with van der Waals surface area (Å²) in [5.41, 5.74) is 3.79. The van der Waals surface area contributed by atoms with Crippen molar-refractivity contribution >= 4 is 10.9 Å². The summed E-state index contributed by atoms with van der Waals surface area (Å²) in [5.74, 6) is 0. The Balaban J connectivity index is 1.61. The van der Waals surface area contributed by atoms with E-state index in [1.165, 1.54) is 0 Å². The van der Waals surface area contributed by atoms with Gasteiger partial charge in [-0.15, -0.1) is 0 Å². The zero-order valence-electron chi connectivity index (χ0n) is 16.9. The lowest BCUT2D eigenvalue weighted by molar-refractivity contribution is -0.0541. The third kappa shape index (κ3) is 2.95. The average molecular weight is 399 g/mol. The van der Waals surface area contributed by atoms with E-state index in [4.69, 9.17) is 14.8 Å². The van der Waals surface area contributed by atoms with E-state index in [9.17, 15) is 5.26 Å². The summed E-state index contributed by atoms with van der Waals surface area (Å²) in [7, 11) is 3.59. The van der Waals surface area contributed by atoms with Gasteiger partial charge in [0.15, 0.2) is 0 Å². The number of nitrogens with zero attached hydrogens (tertiary/aromatic N) is 7. The van der Waals surface area contributed by atoms with Crippen LogP contribution in [0.4, 0.5) is 0 Å². The van der Waals surface area contributed by atoms with Crippen LogP contribution in [0.5, 0.6) is 0 Å². The molecule has 1 aliphatic carbocycles. The molecule has 0 aromatic carbocycles. The van der Waals surface area contributed by atoms with Gasteiger partial charge in [0.2, 0.25) is 0 Å². The Labute approximate surface area is 173 Å². The van der Waals surface area contributed by atoms with Crippen molar-refractivity contribution in [3.8, 4) is 28.7 Å². The predicted molar refractivity (Wildman–Crippen MR) is 111 cm³/mol. The number of hydrogen-bond acceptors (Lipinski definition) is 6. The Morgan fingerprint density at radius 1 is 1.30 bits per heavy atom. The lowest BCUT2D eigenvalue weighted by Gasteiger charge is -2.45. The zero-order valence-corrected chi connectivity index (χ0v) is 16.9. The maximum Gasteiger partial charge on any atom is 0.111 e. The lowest BCUT2D eigenvalue weighted by Crippen LogP contribution is -2.50. The van der Waals surface area contributed by atoms with Crippen LogP contribution in [0.1, 0.15) is 19.3 Å². The van der Waals surface area contributed by atoms with Gasteiger partial charge in [0.1, 0.15) is 11.4 Å². The topological polar surface area (TPSA) is 94.4 Å².